The maximum absolute atomic E-state index is 13.4. The van der Waals surface area contributed by atoms with Crippen LogP contribution in [0.3, 0.4) is 0 Å². The Labute approximate surface area is 109 Å². The van der Waals surface area contributed by atoms with Crippen molar-refractivity contribution in [2.75, 3.05) is 5.73 Å². The highest BCUT2D eigenvalue weighted by Gasteiger charge is 2.12. The number of ether oxygens (including phenoxy) is 1. The topological polar surface area (TPSA) is 91.2 Å². The van der Waals surface area contributed by atoms with E-state index in [1.807, 2.05) is 0 Å². The first-order chi connectivity index (χ1) is 9.08. The number of benzene rings is 1. The Bertz CT molecular complexity index is 617. The number of pyridine rings is 1. The van der Waals surface area contributed by atoms with Crippen LogP contribution in [0.25, 0.3) is 0 Å². The van der Waals surface area contributed by atoms with Gasteiger partial charge in [-0.25, -0.2) is 9.37 Å². The zero-order valence-electron chi connectivity index (χ0n) is 9.97. The molecule has 0 bridgehead atoms. The van der Waals surface area contributed by atoms with Crippen molar-refractivity contribution >= 4 is 11.6 Å². The molecule has 0 aliphatic heterocycles. The van der Waals surface area contributed by atoms with Gasteiger partial charge in [0.1, 0.15) is 18.0 Å². The van der Waals surface area contributed by atoms with Crippen molar-refractivity contribution in [3.63, 3.8) is 0 Å². The summed E-state index contributed by atoms with van der Waals surface area (Å²) in [5.74, 6) is -1.06. The largest absolute Gasteiger partial charge is 0.472 e. The number of nitrogens with zero attached hydrogens (tertiary/aromatic N) is 1. The lowest BCUT2D eigenvalue weighted by Crippen LogP contribution is -2.14. The average molecular weight is 261 g/mol. The monoisotopic (exact) mass is 261 g/mol. The standard InChI is InChI=1S/C13H12FN3O2/c14-11-4-2-1-3-8(11)7-19-13-10(12(16)18)5-9(15)6-17-13/h1-6H,7,15H2,(H2,16,18). The lowest BCUT2D eigenvalue weighted by molar-refractivity contribution is 0.0995. The van der Waals surface area contributed by atoms with E-state index in [1.54, 1.807) is 18.2 Å². The minimum Gasteiger partial charge on any atom is -0.472 e. The molecule has 0 saturated carbocycles. The lowest BCUT2D eigenvalue weighted by atomic mass is 10.2. The van der Waals surface area contributed by atoms with Crippen LogP contribution in [0.15, 0.2) is 36.5 Å². The van der Waals surface area contributed by atoms with Crippen LogP contribution in [0, 0.1) is 5.82 Å². The second-order valence-electron chi connectivity index (χ2n) is 3.87. The minimum atomic E-state index is -0.705. The van der Waals surface area contributed by atoms with Gasteiger partial charge in [-0.2, -0.15) is 0 Å². The molecule has 0 saturated heterocycles. The number of primary amides is 1. The fourth-order valence-electron chi connectivity index (χ4n) is 1.52. The molecular formula is C13H12FN3O2. The summed E-state index contributed by atoms with van der Waals surface area (Å²) in [6.45, 7) is -0.0517. The summed E-state index contributed by atoms with van der Waals surface area (Å²) in [7, 11) is 0. The maximum atomic E-state index is 13.4. The number of halogens is 1. The molecule has 1 aromatic heterocycles. The number of nitrogen functional groups attached to an aromatic ring is 1. The van der Waals surface area contributed by atoms with E-state index in [0.29, 0.717) is 11.3 Å². The van der Waals surface area contributed by atoms with E-state index >= 15 is 0 Å². The van der Waals surface area contributed by atoms with Crippen LogP contribution in [0.4, 0.5) is 10.1 Å². The molecule has 0 aliphatic carbocycles. The molecule has 1 heterocycles. The van der Waals surface area contributed by atoms with E-state index in [0.717, 1.165) is 0 Å². The summed E-state index contributed by atoms with van der Waals surface area (Å²) in [4.78, 5) is 15.1. The molecule has 98 valence electrons. The SMILES string of the molecule is NC(=O)c1cc(N)cnc1OCc1ccccc1F. The number of rotatable bonds is 4. The molecule has 1 aromatic carbocycles. The van der Waals surface area contributed by atoms with Crippen LogP contribution in [-0.2, 0) is 6.61 Å². The number of hydrogen-bond acceptors (Lipinski definition) is 4. The number of carbonyl (C=O) groups excluding carboxylic acids is 1. The molecule has 1 amide bonds. The fraction of sp³-hybridized carbons (Fsp3) is 0.0769. The highest BCUT2D eigenvalue weighted by atomic mass is 19.1. The maximum Gasteiger partial charge on any atom is 0.254 e. The number of hydrogen-bond donors (Lipinski definition) is 2. The van der Waals surface area contributed by atoms with Gasteiger partial charge in [-0.3, -0.25) is 4.79 Å². The van der Waals surface area contributed by atoms with Crippen LogP contribution >= 0.6 is 0 Å². The van der Waals surface area contributed by atoms with E-state index in [1.165, 1.54) is 18.3 Å². The zero-order chi connectivity index (χ0) is 13.8. The van der Waals surface area contributed by atoms with Crippen LogP contribution in [0.2, 0.25) is 0 Å². The van der Waals surface area contributed by atoms with Crippen molar-refractivity contribution in [1.82, 2.24) is 4.98 Å². The van der Waals surface area contributed by atoms with Crippen LogP contribution in [0.1, 0.15) is 15.9 Å². The van der Waals surface area contributed by atoms with Gasteiger partial charge in [-0.1, -0.05) is 18.2 Å². The van der Waals surface area contributed by atoms with Gasteiger partial charge in [0.05, 0.1) is 11.9 Å². The van der Waals surface area contributed by atoms with Gasteiger partial charge < -0.3 is 16.2 Å². The third-order valence-corrected chi connectivity index (χ3v) is 2.46. The molecule has 5 nitrogen and oxygen atoms in total. The lowest BCUT2D eigenvalue weighted by Gasteiger charge is -2.09. The first kappa shape index (κ1) is 12.8. The molecule has 4 N–H and O–H groups in total. The third-order valence-electron chi connectivity index (χ3n) is 2.46. The number of aromatic nitrogens is 1. The van der Waals surface area contributed by atoms with Crippen molar-refractivity contribution in [2.24, 2.45) is 5.73 Å². The molecule has 0 spiro atoms. The molecule has 0 aliphatic rings. The summed E-state index contributed by atoms with van der Waals surface area (Å²) in [5, 5.41) is 0. The summed E-state index contributed by atoms with van der Waals surface area (Å²) in [6, 6.07) is 7.54. The number of carbonyl (C=O) groups is 1. The summed E-state index contributed by atoms with van der Waals surface area (Å²) >= 11 is 0. The fourth-order valence-corrected chi connectivity index (χ4v) is 1.52. The molecule has 0 fully saturated rings. The third kappa shape index (κ3) is 2.98. The molecule has 0 unspecified atom stereocenters. The zero-order valence-corrected chi connectivity index (χ0v) is 9.97. The Kier molecular flexibility index (Phi) is 3.61. The van der Waals surface area contributed by atoms with Gasteiger partial charge in [-0.05, 0) is 12.1 Å². The molecule has 19 heavy (non-hydrogen) atoms. The Hall–Kier alpha value is -2.63. The van der Waals surface area contributed by atoms with Crippen molar-refractivity contribution in [2.45, 2.75) is 6.61 Å². The second kappa shape index (κ2) is 5.34. The molecule has 2 rings (SSSR count). The van der Waals surface area contributed by atoms with E-state index in [4.69, 9.17) is 16.2 Å². The van der Waals surface area contributed by atoms with Gasteiger partial charge in [0.2, 0.25) is 5.88 Å². The Morgan fingerprint density at radius 1 is 1.37 bits per heavy atom. The molecule has 0 radical (unpaired) electrons. The molecule has 2 aromatic rings. The van der Waals surface area contributed by atoms with Gasteiger partial charge >= 0.3 is 0 Å². The first-order valence-electron chi connectivity index (χ1n) is 5.49. The molecular weight excluding hydrogens is 249 g/mol. The van der Waals surface area contributed by atoms with E-state index in [2.05, 4.69) is 4.98 Å². The van der Waals surface area contributed by atoms with Gasteiger partial charge in [-0.15, -0.1) is 0 Å². The van der Waals surface area contributed by atoms with Crippen LogP contribution in [-0.4, -0.2) is 10.9 Å². The molecule has 0 atom stereocenters. The van der Waals surface area contributed by atoms with Gasteiger partial charge in [0, 0.05) is 5.56 Å². The smallest absolute Gasteiger partial charge is 0.254 e. The first-order valence-corrected chi connectivity index (χ1v) is 5.49. The van der Waals surface area contributed by atoms with E-state index < -0.39 is 11.7 Å². The summed E-state index contributed by atoms with van der Waals surface area (Å²) in [5.41, 5.74) is 11.4. The minimum absolute atomic E-state index is 0.0324. The number of amides is 1. The highest BCUT2D eigenvalue weighted by Crippen LogP contribution is 2.19. The van der Waals surface area contributed by atoms with Crippen molar-refractivity contribution < 1.29 is 13.9 Å². The van der Waals surface area contributed by atoms with Gasteiger partial charge in [0.15, 0.2) is 0 Å². The molecule has 6 heteroatoms. The quantitative estimate of drug-likeness (QED) is 0.872. The predicted molar refractivity (Wildman–Crippen MR) is 67.9 cm³/mol. The predicted octanol–water partition coefficient (Wildman–Crippen LogP) is 1.48. The number of anilines is 1. The van der Waals surface area contributed by atoms with E-state index in [9.17, 15) is 9.18 Å². The average Bonchev–Trinajstić information content (AvgIpc) is 2.38. The van der Waals surface area contributed by atoms with Crippen LogP contribution in [0.5, 0.6) is 5.88 Å². The second-order valence-corrected chi connectivity index (χ2v) is 3.87. The van der Waals surface area contributed by atoms with Crippen molar-refractivity contribution in [3.8, 4) is 5.88 Å². The van der Waals surface area contributed by atoms with Crippen LogP contribution < -0.4 is 16.2 Å². The Morgan fingerprint density at radius 2 is 2.11 bits per heavy atom. The Morgan fingerprint density at radius 3 is 2.79 bits per heavy atom. The van der Waals surface area contributed by atoms with Crippen molar-refractivity contribution in [1.29, 1.82) is 0 Å². The number of nitrogens with two attached hydrogens (primary N) is 2. The Balaban J connectivity index is 2.20. The highest BCUT2D eigenvalue weighted by molar-refractivity contribution is 5.95. The summed E-state index contributed by atoms with van der Waals surface area (Å²) < 4.78 is 18.7. The van der Waals surface area contributed by atoms with E-state index in [-0.39, 0.29) is 18.1 Å². The van der Waals surface area contributed by atoms with Crippen molar-refractivity contribution in [3.05, 3.63) is 53.5 Å². The van der Waals surface area contributed by atoms with Gasteiger partial charge in [0.25, 0.3) is 5.91 Å². The normalized spacial score (nSPS) is 10.2. The summed E-state index contributed by atoms with van der Waals surface area (Å²) in [6.07, 6.45) is 1.34.